The second-order valence-corrected chi connectivity index (χ2v) is 5.69. The molecule has 0 amide bonds. The molecule has 0 aliphatic carbocycles. The highest BCUT2D eigenvalue weighted by molar-refractivity contribution is 5.29. The molecule has 108 valence electrons. The number of rotatable bonds is 9. The van der Waals surface area contributed by atoms with Crippen LogP contribution in [-0.4, -0.2) is 26.8 Å². The van der Waals surface area contributed by atoms with Crippen LogP contribution in [-0.2, 0) is 4.74 Å². The molecule has 0 heterocycles. The number of hydrogen-bond donors (Lipinski definition) is 1. The van der Waals surface area contributed by atoms with Crippen LogP contribution in [0, 0.1) is 12.8 Å². The smallest absolute Gasteiger partial charge is 0.0472 e. The summed E-state index contributed by atoms with van der Waals surface area (Å²) in [6.07, 6.45) is 2.24. The second-order valence-electron chi connectivity index (χ2n) is 5.69. The molecular formula is C17H29NO. The van der Waals surface area contributed by atoms with Crippen molar-refractivity contribution in [3.8, 4) is 0 Å². The molecule has 19 heavy (non-hydrogen) atoms. The third-order valence-electron chi connectivity index (χ3n) is 3.53. The van der Waals surface area contributed by atoms with Crippen molar-refractivity contribution >= 4 is 0 Å². The minimum absolute atomic E-state index is 0.547. The number of hydrogen-bond acceptors (Lipinski definition) is 2. The van der Waals surface area contributed by atoms with E-state index < -0.39 is 0 Å². The lowest BCUT2D eigenvalue weighted by atomic mass is 9.92. The summed E-state index contributed by atoms with van der Waals surface area (Å²) in [7, 11) is 2.02. The van der Waals surface area contributed by atoms with Gasteiger partial charge in [-0.25, -0.2) is 0 Å². The Balaban J connectivity index is 2.43. The van der Waals surface area contributed by atoms with Crippen LogP contribution in [0.2, 0.25) is 0 Å². The summed E-state index contributed by atoms with van der Waals surface area (Å²) in [5.74, 6) is 1.27. The second kappa shape index (κ2) is 9.11. The number of nitrogens with one attached hydrogen (secondary N) is 1. The van der Waals surface area contributed by atoms with E-state index >= 15 is 0 Å². The third kappa shape index (κ3) is 6.22. The molecule has 0 bridgehead atoms. The molecule has 0 aliphatic heterocycles. The first-order valence-corrected chi connectivity index (χ1v) is 7.43. The molecule has 0 fully saturated rings. The molecule has 2 heteroatoms. The van der Waals surface area contributed by atoms with Crippen LogP contribution in [0.4, 0.5) is 0 Å². The zero-order chi connectivity index (χ0) is 14.1. The van der Waals surface area contributed by atoms with Gasteiger partial charge in [0.25, 0.3) is 0 Å². The molecule has 0 saturated heterocycles. The maximum Gasteiger partial charge on any atom is 0.0472 e. The Morgan fingerprint density at radius 3 is 2.42 bits per heavy atom. The minimum Gasteiger partial charge on any atom is -0.381 e. The van der Waals surface area contributed by atoms with Gasteiger partial charge in [0, 0.05) is 19.8 Å². The van der Waals surface area contributed by atoms with E-state index in [4.69, 9.17) is 4.74 Å². The van der Waals surface area contributed by atoms with Crippen LogP contribution in [0.5, 0.6) is 0 Å². The van der Waals surface area contributed by atoms with Crippen molar-refractivity contribution in [1.82, 2.24) is 5.32 Å². The van der Waals surface area contributed by atoms with Gasteiger partial charge in [-0.15, -0.1) is 0 Å². The third-order valence-corrected chi connectivity index (χ3v) is 3.53. The van der Waals surface area contributed by atoms with Crippen molar-refractivity contribution in [1.29, 1.82) is 0 Å². The van der Waals surface area contributed by atoms with Crippen molar-refractivity contribution in [2.24, 2.45) is 5.92 Å². The standard InChI is InChI=1S/C17H29NO/c1-14(2)9-11-19-12-10-16(13-18-4)17-8-6-5-7-15(17)3/h5-8,14,16,18H,9-13H2,1-4H3. The number of benzene rings is 1. The van der Waals surface area contributed by atoms with Gasteiger partial charge in [0.15, 0.2) is 0 Å². The molecule has 2 nitrogen and oxygen atoms in total. The van der Waals surface area contributed by atoms with E-state index in [1.807, 2.05) is 7.05 Å². The van der Waals surface area contributed by atoms with Gasteiger partial charge in [-0.2, -0.15) is 0 Å². The molecule has 0 aromatic heterocycles. The van der Waals surface area contributed by atoms with Gasteiger partial charge in [-0.3, -0.25) is 0 Å². The molecule has 1 aromatic rings. The highest BCUT2D eigenvalue weighted by Gasteiger charge is 2.12. The topological polar surface area (TPSA) is 21.3 Å². The van der Waals surface area contributed by atoms with Crippen molar-refractivity contribution in [2.75, 3.05) is 26.8 Å². The largest absolute Gasteiger partial charge is 0.381 e. The number of likely N-dealkylation sites (N-methyl/N-ethyl adjacent to an activating group) is 1. The normalized spacial score (nSPS) is 12.9. The van der Waals surface area contributed by atoms with Crippen molar-refractivity contribution < 1.29 is 4.74 Å². The first kappa shape index (κ1) is 16.2. The van der Waals surface area contributed by atoms with E-state index in [9.17, 15) is 0 Å². The predicted octanol–water partition coefficient (Wildman–Crippen LogP) is 3.75. The van der Waals surface area contributed by atoms with E-state index in [-0.39, 0.29) is 0 Å². The molecule has 1 aromatic carbocycles. The van der Waals surface area contributed by atoms with Gasteiger partial charge in [0.1, 0.15) is 0 Å². The fourth-order valence-corrected chi connectivity index (χ4v) is 2.31. The van der Waals surface area contributed by atoms with E-state index in [1.165, 1.54) is 11.1 Å². The molecule has 1 rings (SSSR count). The average molecular weight is 263 g/mol. The van der Waals surface area contributed by atoms with Crippen molar-refractivity contribution in [2.45, 2.75) is 39.5 Å². The molecule has 0 saturated carbocycles. The monoisotopic (exact) mass is 263 g/mol. The van der Waals surface area contributed by atoms with Crippen LogP contribution in [0.25, 0.3) is 0 Å². The first-order valence-electron chi connectivity index (χ1n) is 7.43. The van der Waals surface area contributed by atoms with Gasteiger partial charge in [0.2, 0.25) is 0 Å². The van der Waals surface area contributed by atoms with E-state index in [1.54, 1.807) is 0 Å². The molecular weight excluding hydrogens is 234 g/mol. The Hall–Kier alpha value is -0.860. The fraction of sp³-hybridized carbons (Fsp3) is 0.647. The highest BCUT2D eigenvalue weighted by Crippen LogP contribution is 2.22. The Labute approximate surface area is 118 Å². The summed E-state index contributed by atoms with van der Waals surface area (Å²) in [6, 6.07) is 8.67. The number of aryl methyl sites for hydroxylation is 1. The minimum atomic E-state index is 0.547. The average Bonchev–Trinajstić information content (AvgIpc) is 2.37. The van der Waals surface area contributed by atoms with Crippen LogP contribution in [0.1, 0.15) is 43.7 Å². The summed E-state index contributed by atoms with van der Waals surface area (Å²) in [6.45, 7) is 9.42. The van der Waals surface area contributed by atoms with Gasteiger partial charge >= 0.3 is 0 Å². The Kier molecular flexibility index (Phi) is 7.76. The molecule has 1 unspecified atom stereocenters. The zero-order valence-electron chi connectivity index (χ0n) is 12.9. The van der Waals surface area contributed by atoms with Gasteiger partial charge < -0.3 is 10.1 Å². The molecule has 0 aliphatic rings. The van der Waals surface area contributed by atoms with Gasteiger partial charge in [0.05, 0.1) is 0 Å². The van der Waals surface area contributed by atoms with E-state index in [0.29, 0.717) is 5.92 Å². The lowest BCUT2D eigenvalue weighted by molar-refractivity contribution is 0.117. The summed E-state index contributed by atoms with van der Waals surface area (Å²) < 4.78 is 5.75. The van der Waals surface area contributed by atoms with E-state index in [0.717, 1.165) is 38.5 Å². The maximum atomic E-state index is 5.75. The Morgan fingerprint density at radius 1 is 1.11 bits per heavy atom. The van der Waals surface area contributed by atoms with Crippen LogP contribution in [0.15, 0.2) is 24.3 Å². The highest BCUT2D eigenvalue weighted by atomic mass is 16.5. The maximum absolute atomic E-state index is 5.75. The lowest BCUT2D eigenvalue weighted by Gasteiger charge is -2.19. The van der Waals surface area contributed by atoms with Crippen LogP contribution >= 0.6 is 0 Å². The molecule has 0 spiro atoms. The SMILES string of the molecule is CNCC(CCOCCC(C)C)c1ccccc1C. The molecule has 1 N–H and O–H groups in total. The quantitative estimate of drug-likeness (QED) is 0.685. The van der Waals surface area contributed by atoms with Crippen molar-refractivity contribution in [3.05, 3.63) is 35.4 Å². The summed E-state index contributed by atoms with van der Waals surface area (Å²) in [5, 5.41) is 3.30. The fourth-order valence-electron chi connectivity index (χ4n) is 2.31. The summed E-state index contributed by atoms with van der Waals surface area (Å²) in [4.78, 5) is 0. The Bertz CT molecular complexity index is 349. The molecule has 1 atom stereocenters. The van der Waals surface area contributed by atoms with Gasteiger partial charge in [-0.1, -0.05) is 38.1 Å². The molecule has 0 radical (unpaired) electrons. The van der Waals surface area contributed by atoms with Gasteiger partial charge in [-0.05, 0) is 49.8 Å². The number of ether oxygens (including phenoxy) is 1. The van der Waals surface area contributed by atoms with Crippen LogP contribution in [0.3, 0.4) is 0 Å². The van der Waals surface area contributed by atoms with Crippen LogP contribution < -0.4 is 5.32 Å². The zero-order valence-corrected chi connectivity index (χ0v) is 12.9. The first-order chi connectivity index (χ1) is 9.15. The van der Waals surface area contributed by atoms with Crippen molar-refractivity contribution in [3.63, 3.8) is 0 Å². The van der Waals surface area contributed by atoms with E-state index in [2.05, 4.69) is 50.4 Å². The summed E-state index contributed by atoms with van der Waals surface area (Å²) >= 11 is 0. The Morgan fingerprint density at radius 2 is 1.79 bits per heavy atom. The predicted molar refractivity (Wildman–Crippen MR) is 82.7 cm³/mol. The summed E-state index contributed by atoms with van der Waals surface area (Å²) in [5.41, 5.74) is 2.83. The lowest BCUT2D eigenvalue weighted by Crippen LogP contribution is -2.19.